The maximum absolute atomic E-state index is 12.3. The molecule has 0 aliphatic carbocycles. The summed E-state index contributed by atoms with van der Waals surface area (Å²) in [6.07, 6.45) is 3.30. The highest BCUT2D eigenvalue weighted by Crippen LogP contribution is 2.31. The predicted octanol–water partition coefficient (Wildman–Crippen LogP) is 4.13. The van der Waals surface area contributed by atoms with Gasteiger partial charge in [0.25, 0.3) is 0 Å². The molecule has 0 fully saturated rings. The van der Waals surface area contributed by atoms with Crippen molar-refractivity contribution in [3.63, 3.8) is 0 Å². The van der Waals surface area contributed by atoms with Crippen molar-refractivity contribution in [1.29, 1.82) is 0 Å². The van der Waals surface area contributed by atoms with Crippen molar-refractivity contribution >= 4 is 28.5 Å². The van der Waals surface area contributed by atoms with Crippen molar-refractivity contribution in [1.82, 2.24) is 14.8 Å². The maximum atomic E-state index is 12.3. The second-order valence-electron chi connectivity index (χ2n) is 6.18. The smallest absolute Gasteiger partial charge is 0.250 e. The molecule has 2 heterocycles. The fourth-order valence-corrected chi connectivity index (χ4v) is 3.64. The van der Waals surface area contributed by atoms with Gasteiger partial charge in [0.1, 0.15) is 5.75 Å². The number of carbonyl (C=O) groups is 1. The number of aryl methyl sites for hydroxylation is 3. The molecular weight excluding hydrogens is 360 g/mol. The standard InChI is InChI=1S/C20H22N4O2S/c1-12-17(13(2)24(4)23-12)10-11-18(25)21-20-22-19(14(3)27-20)15-6-8-16(26-5)9-7-15/h6-11H,1-5H3,(H,21,22,25)/b11-10+. The summed E-state index contributed by atoms with van der Waals surface area (Å²) in [6, 6.07) is 7.71. The molecule has 1 N–H and O–H groups in total. The van der Waals surface area contributed by atoms with E-state index in [-0.39, 0.29) is 5.91 Å². The van der Waals surface area contributed by atoms with Gasteiger partial charge in [-0.15, -0.1) is 11.3 Å². The summed E-state index contributed by atoms with van der Waals surface area (Å²) < 4.78 is 6.99. The zero-order chi connectivity index (χ0) is 19.6. The fraction of sp³-hybridized carbons (Fsp3) is 0.250. The Balaban J connectivity index is 1.74. The molecule has 0 aliphatic heterocycles. The summed E-state index contributed by atoms with van der Waals surface area (Å²) in [7, 11) is 3.53. The molecule has 0 saturated carbocycles. The van der Waals surface area contributed by atoms with Gasteiger partial charge in [0.05, 0.1) is 18.5 Å². The molecule has 1 amide bonds. The molecule has 2 aromatic heterocycles. The lowest BCUT2D eigenvalue weighted by molar-refractivity contribution is -0.111. The van der Waals surface area contributed by atoms with Crippen LogP contribution >= 0.6 is 11.3 Å². The second kappa shape index (κ2) is 7.75. The van der Waals surface area contributed by atoms with Gasteiger partial charge in [-0.05, 0) is 51.1 Å². The zero-order valence-electron chi connectivity index (χ0n) is 16.0. The maximum Gasteiger partial charge on any atom is 0.250 e. The highest BCUT2D eigenvalue weighted by Gasteiger charge is 2.12. The number of benzene rings is 1. The lowest BCUT2D eigenvalue weighted by Gasteiger charge is -2.01. The van der Waals surface area contributed by atoms with Crippen LogP contribution in [0.4, 0.5) is 5.13 Å². The Morgan fingerprint density at radius 3 is 2.52 bits per heavy atom. The first-order chi connectivity index (χ1) is 12.9. The molecule has 0 bridgehead atoms. The van der Waals surface area contributed by atoms with Crippen LogP contribution in [0.1, 0.15) is 21.8 Å². The number of nitrogens with one attached hydrogen (secondary N) is 1. The van der Waals surface area contributed by atoms with E-state index in [1.54, 1.807) is 17.9 Å². The molecule has 3 aromatic rings. The van der Waals surface area contributed by atoms with Gasteiger partial charge in [0, 0.05) is 34.8 Å². The lowest BCUT2D eigenvalue weighted by atomic mass is 10.1. The van der Waals surface area contributed by atoms with Crippen molar-refractivity contribution in [2.45, 2.75) is 20.8 Å². The van der Waals surface area contributed by atoms with E-state index in [9.17, 15) is 4.79 Å². The largest absolute Gasteiger partial charge is 0.497 e. The summed E-state index contributed by atoms with van der Waals surface area (Å²) in [6.45, 7) is 5.89. The molecule has 0 spiro atoms. The number of thiazole rings is 1. The van der Waals surface area contributed by atoms with E-state index in [1.807, 2.05) is 52.1 Å². The number of hydrogen-bond donors (Lipinski definition) is 1. The summed E-state index contributed by atoms with van der Waals surface area (Å²) >= 11 is 1.45. The number of rotatable bonds is 5. The molecule has 3 rings (SSSR count). The number of methoxy groups -OCH3 is 1. The molecule has 1 aromatic carbocycles. The van der Waals surface area contributed by atoms with E-state index >= 15 is 0 Å². The highest BCUT2D eigenvalue weighted by molar-refractivity contribution is 7.16. The van der Waals surface area contributed by atoms with Crippen LogP contribution in [0.2, 0.25) is 0 Å². The summed E-state index contributed by atoms with van der Waals surface area (Å²) in [5.74, 6) is 0.582. The third-order valence-electron chi connectivity index (χ3n) is 4.36. The van der Waals surface area contributed by atoms with Crippen molar-refractivity contribution in [3.8, 4) is 17.0 Å². The van der Waals surface area contributed by atoms with Crippen LogP contribution in [0.15, 0.2) is 30.3 Å². The van der Waals surface area contributed by atoms with Crippen molar-refractivity contribution in [2.24, 2.45) is 7.05 Å². The number of carbonyl (C=O) groups excluding carboxylic acids is 1. The van der Waals surface area contributed by atoms with E-state index in [2.05, 4.69) is 15.4 Å². The fourth-order valence-electron chi connectivity index (χ4n) is 2.80. The van der Waals surface area contributed by atoms with E-state index in [0.29, 0.717) is 5.13 Å². The molecule has 0 radical (unpaired) electrons. The average Bonchev–Trinajstić information content (AvgIpc) is 3.12. The number of amides is 1. The molecule has 140 valence electrons. The van der Waals surface area contributed by atoms with Crippen LogP contribution in [0, 0.1) is 20.8 Å². The molecule has 0 unspecified atom stereocenters. The molecule has 0 atom stereocenters. The van der Waals surface area contributed by atoms with E-state index in [4.69, 9.17) is 4.74 Å². The third-order valence-corrected chi connectivity index (χ3v) is 5.24. The van der Waals surface area contributed by atoms with Crippen LogP contribution in [0.25, 0.3) is 17.3 Å². The Bertz CT molecular complexity index is 1000. The van der Waals surface area contributed by atoms with Gasteiger partial charge in [0.15, 0.2) is 5.13 Å². The quantitative estimate of drug-likeness (QED) is 0.674. The number of anilines is 1. The van der Waals surface area contributed by atoms with Crippen LogP contribution in [-0.2, 0) is 11.8 Å². The molecule has 6 nitrogen and oxygen atoms in total. The SMILES string of the molecule is COc1ccc(-c2nc(NC(=O)/C=C/c3c(C)nn(C)c3C)sc2C)cc1. The topological polar surface area (TPSA) is 69.0 Å². The highest BCUT2D eigenvalue weighted by atomic mass is 32.1. The zero-order valence-corrected chi connectivity index (χ0v) is 16.8. The summed E-state index contributed by atoms with van der Waals surface area (Å²) in [5.41, 5.74) is 4.72. The van der Waals surface area contributed by atoms with Crippen LogP contribution in [-0.4, -0.2) is 27.8 Å². The monoisotopic (exact) mass is 382 g/mol. The van der Waals surface area contributed by atoms with Gasteiger partial charge >= 0.3 is 0 Å². The van der Waals surface area contributed by atoms with Crippen molar-refractivity contribution in [3.05, 3.63) is 52.2 Å². The van der Waals surface area contributed by atoms with Gasteiger partial charge < -0.3 is 4.74 Å². The number of aromatic nitrogens is 3. The Kier molecular flexibility index (Phi) is 5.41. The minimum atomic E-state index is -0.215. The molecule has 0 aliphatic rings. The molecule has 0 saturated heterocycles. The average molecular weight is 382 g/mol. The predicted molar refractivity (Wildman–Crippen MR) is 109 cm³/mol. The Morgan fingerprint density at radius 2 is 1.93 bits per heavy atom. The van der Waals surface area contributed by atoms with Gasteiger partial charge in [0.2, 0.25) is 5.91 Å². The normalized spacial score (nSPS) is 11.1. The van der Waals surface area contributed by atoms with Crippen molar-refractivity contribution in [2.75, 3.05) is 12.4 Å². The third kappa shape index (κ3) is 4.09. The first-order valence-electron chi connectivity index (χ1n) is 8.50. The molecule has 27 heavy (non-hydrogen) atoms. The summed E-state index contributed by atoms with van der Waals surface area (Å²) in [4.78, 5) is 17.9. The first-order valence-corrected chi connectivity index (χ1v) is 9.31. The Morgan fingerprint density at radius 1 is 1.22 bits per heavy atom. The van der Waals surface area contributed by atoms with Gasteiger partial charge in [-0.3, -0.25) is 14.8 Å². The minimum Gasteiger partial charge on any atom is -0.497 e. The van der Waals surface area contributed by atoms with Gasteiger partial charge in [-0.1, -0.05) is 0 Å². The molecule has 7 heteroatoms. The first kappa shape index (κ1) is 18.8. The van der Waals surface area contributed by atoms with E-state index in [1.165, 1.54) is 17.4 Å². The Labute approximate surface area is 162 Å². The number of ether oxygens (including phenoxy) is 1. The van der Waals surface area contributed by atoms with E-state index < -0.39 is 0 Å². The summed E-state index contributed by atoms with van der Waals surface area (Å²) in [5, 5.41) is 7.77. The Hall–Kier alpha value is -2.93. The lowest BCUT2D eigenvalue weighted by Crippen LogP contribution is -2.07. The van der Waals surface area contributed by atoms with Gasteiger partial charge in [-0.25, -0.2) is 4.98 Å². The number of nitrogens with zero attached hydrogens (tertiary/aromatic N) is 3. The van der Waals surface area contributed by atoms with Crippen LogP contribution in [0.3, 0.4) is 0 Å². The van der Waals surface area contributed by atoms with Gasteiger partial charge in [-0.2, -0.15) is 5.10 Å². The van der Waals surface area contributed by atoms with Crippen molar-refractivity contribution < 1.29 is 9.53 Å². The van der Waals surface area contributed by atoms with Crippen LogP contribution in [0.5, 0.6) is 5.75 Å². The minimum absolute atomic E-state index is 0.215. The second-order valence-corrected chi connectivity index (χ2v) is 7.39. The molecular formula is C20H22N4O2S. The number of hydrogen-bond acceptors (Lipinski definition) is 5. The van der Waals surface area contributed by atoms with E-state index in [0.717, 1.165) is 38.8 Å². The van der Waals surface area contributed by atoms with Crippen LogP contribution < -0.4 is 10.1 Å².